The normalized spacial score (nSPS) is 24.1. The van der Waals surface area contributed by atoms with Gasteiger partial charge < -0.3 is 27.0 Å². The van der Waals surface area contributed by atoms with Gasteiger partial charge in [-0.05, 0) is 41.5 Å². The van der Waals surface area contributed by atoms with Gasteiger partial charge in [0.2, 0.25) is 5.95 Å². The Morgan fingerprint density at radius 1 is 1.13 bits per heavy atom. The first-order valence-corrected chi connectivity index (χ1v) is 9.77. The monoisotopic (exact) mass is 414 g/mol. The molecule has 11 heteroatoms. The molecule has 0 fully saturated rings. The third kappa shape index (κ3) is 3.87. The molecule has 3 aliphatic rings. The molecule has 0 aliphatic carbocycles. The summed E-state index contributed by atoms with van der Waals surface area (Å²) in [5.74, 6) is 1.98. The quantitative estimate of drug-likeness (QED) is 0.421. The Hall–Kier alpha value is -3.37. The summed E-state index contributed by atoms with van der Waals surface area (Å²) < 4.78 is 0. The van der Waals surface area contributed by atoms with Crippen LogP contribution in [0.5, 0.6) is 0 Å². The van der Waals surface area contributed by atoms with Crippen molar-refractivity contribution in [1.82, 2.24) is 20.2 Å². The number of rotatable bonds is 0. The lowest BCUT2D eigenvalue weighted by atomic mass is 9.98. The lowest BCUT2D eigenvalue weighted by Gasteiger charge is -2.37. The average molecular weight is 415 g/mol. The Balaban J connectivity index is 0.000000171. The Labute approximate surface area is 175 Å². The van der Waals surface area contributed by atoms with Gasteiger partial charge in [-0.2, -0.15) is 4.98 Å². The summed E-state index contributed by atoms with van der Waals surface area (Å²) in [6, 6.07) is 0.334. The SMILES string of the molecule is CC1=NC2=C(NC(N)=NC2C)N(C)C1C.CC1=Nc2c(nc(N)[nH]c2=O)NC1(C)C. The van der Waals surface area contributed by atoms with E-state index in [-0.39, 0.29) is 23.1 Å². The maximum Gasteiger partial charge on any atom is 0.280 e. The highest BCUT2D eigenvalue weighted by atomic mass is 16.1. The summed E-state index contributed by atoms with van der Waals surface area (Å²) in [4.78, 5) is 33.2. The van der Waals surface area contributed by atoms with E-state index in [9.17, 15) is 4.79 Å². The van der Waals surface area contributed by atoms with Crippen LogP contribution in [0.15, 0.2) is 31.3 Å². The highest BCUT2D eigenvalue weighted by molar-refractivity contribution is 5.98. The van der Waals surface area contributed by atoms with Crippen LogP contribution in [0.3, 0.4) is 0 Å². The number of nitrogen functional groups attached to an aromatic ring is 1. The van der Waals surface area contributed by atoms with Crippen molar-refractivity contribution >= 4 is 34.8 Å². The van der Waals surface area contributed by atoms with E-state index >= 15 is 0 Å². The number of hydrogen-bond donors (Lipinski definition) is 5. The maximum absolute atomic E-state index is 11.5. The van der Waals surface area contributed by atoms with Crippen molar-refractivity contribution in [2.24, 2.45) is 20.7 Å². The fourth-order valence-electron chi connectivity index (χ4n) is 3.23. The summed E-state index contributed by atoms with van der Waals surface area (Å²) in [5.41, 5.74) is 13.7. The summed E-state index contributed by atoms with van der Waals surface area (Å²) >= 11 is 0. The van der Waals surface area contributed by atoms with Crippen molar-refractivity contribution in [2.75, 3.05) is 18.1 Å². The molecule has 0 bridgehead atoms. The smallest absolute Gasteiger partial charge is 0.280 e. The van der Waals surface area contributed by atoms with E-state index in [2.05, 4.69) is 47.4 Å². The number of nitrogens with one attached hydrogen (secondary N) is 3. The largest absolute Gasteiger partial charge is 0.370 e. The van der Waals surface area contributed by atoms with Crippen LogP contribution < -0.4 is 27.7 Å². The third-order valence-corrected chi connectivity index (χ3v) is 5.58. The molecular formula is C19H30N10O. The molecule has 162 valence electrons. The highest BCUT2D eigenvalue weighted by Crippen LogP contribution is 2.28. The molecule has 0 spiro atoms. The predicted octanol–water partition coefficient (Wildman–Crippen LogP) is 0.905. The van der Waals surface area contributed by atoms with Crippen molar-refractivity contribution in [2.45, 2.75) is 59.2 Å². The zero-order valence-corrected chi connectivity index (χ0v) is 18.5. The Bertz CT molecular complexity index is 1050. The molecule has 2 atom stereocenters. The van der Waals surface area contributed by atoms with Gasteiger partial charge >= 0.3 is 0 Å². The van der Waals surface area contributed by atoms with Crippen molar-refractivity contribution in [3.63, 3.8) is 0 Å². The van der Waals surface area contributed by atoms with Gasteiger partial charge in [0.05, 0.1) is 17.6 Å². The van der Waals surface area contributed by atoms with E-state index in [0.29, 0.717) is 23.5 Å². The minimum absolute atomic E-state index is 0.0335. The molecule has 30 heavy (non-hydrogen) atoms. The number of anilines is 2. The summed E-state index contributed by atoms with van der Waals surface area (Å²) in [6.07, 6.45) is 0. The molecule has 1 aromatic rings. The number of H-pyrrole nitrogens is 1. The number of aromatic nitrogens is 2. The van der Waals surface area contributed by atoms with Crippen LogP contribution in [0.2, 0.25) is 0 Å². The van der Waals surface area contributed by atoms with Gasteiger partial charge in [-0.3, -0.25) is 14.8 Å². The van der Waals surface area contributed by atoms with Crippen molar-refractivity contribution in [3.8, 4) is 0 Å². The molecule has 3 aliphatic heterocycles. The Kier molecular flexibility index (Phi) is 5.31. The number of aromatic amines is 1. The van der Waals surface area contributed by atoms with E-state index in [1.54, 1.807) is 0 Å². The van der Waals surface area contributed by atoms with Crippen molar-refractivity contribution < 1.29 is 0 Å². The van der Waals surface area contributed by atoms with Crippen LogP contribution in [0.25, 0.3) is 0 Å². The number of hydrogen-bond acceptors (Lipinski definition) is 10. The van der Waals surface area contributed by atoms with Crippen molar-refractivity contribution in [1.29, 1.82) is 0 Å². The second-order valence-electron chi connectivity index (χ2n) is 8.18. The first-order valence-electron chi connectivity index (χ1n) is 9.77. The van der Waals surface area contributed by atoms with Crippen molar-refractivity contribution in [3.05, 3.63) is 21.9 Å². The van der Waals surface area contributed by atoms with Crippen LogP contribution in [-0.2, 0) is 0 Å². The number of aliphatic imine (C=N–C) groups is 3. The standard InChI is InChI=1S/C10H17N5.C9H13N5O/c1-5-7(3)15(4)9-8(12-5)6(2)13-10(11)14-9;1-4-9(2,3)14-6-5(11-4)7(15)13-8(10)12-6/h6-7H,1-4H3,(H3,11,13,14);1-3H3,(H4,10,12,13,14,15). The van der Waals surface area contributed by atoms with Crippen LogP contribution >= 0.6 is 0 Å². The molecule has 0 radical (unpaired) electrons. The molecule has 0 saturated heterocycles. The van der Waals surface area contributed by atoms with Gasteiger partial charge in [-0.25, -0.2) is 9.98 Å². The van der Waals surface area contributed by atoms with E-state index in [4.69, 9.17) is 11.5 Å². The maximum atomic E-state index is 11.5. The number of fused-ring (bicyclic) bond motifs is 1. The minimum Gasteiger partial charge on any atom is -0.370 e. The molecule has 4 rings (SSSR count). The first-order chi connectivity index (χ1) is 13.9. The highest BCUT2D eigenvalue weighted by Gasteiger charge is 2.30. The zero-order valence-electron chi connectivity index (χ0n) is 18.5. The molecule has 11 nitrogen and oxygen atoms in total. The van der Waals surface area contributed by atoms with E-state index in [0.717, 1.165) is 22.9 Å². The van der Waals surface area contributed by atoms with Crippen LogP contribution in [0, 0.1) is 0 Å². The lowest BCUT2D eigenvalue weighted by molar-refractivity contribution is 0.353. The number of nitrogens with two attached hydrogens (primary N) is 2. The Morgan fingerprint density at radius 2 is 1.80 bits per heavy atom. The van der Waals surface area contributed by atoms with Gasteiger partial charge in [0, 0.05) is 18.5 Å². The Morgan fingerprint density at radius 3 is 2.47 bits per heavy atom. The van der Waals surface area contributed by atoms with Gasteiger partial charge in [-0.1, -0.05) is 0 Å². The molecule has 0 aromatic carbocycles. The van der Waals surface area contributed by atoms with E-state index in [1.807, 2.05) is 41.7 Å². The molecule has 4 heterocycles. The minimum atomic E-state index is -0.320. The fraction of sp³-hybridized carbons (Fsp3) is 0.526. The summed E-state index contributed by atoms with van der Waals surface area (Å²) in [5, 5.41) is 6.20. The topological polar surface area (TPSA) is 162 Å². The second-order valence-corrected chi connectivity index (χ2v) is 8.18. The van der Waals surface area contributed by atoms with Gasteiger partial charge in [0.15, 0.2) is 17.5 Å². The molecule has 7 N–H and O–H groups in total. The summed E-state index contributed by atoms with van der Waals surface area (Å²) in [6.45, 7) is 12.0. The van der Waals surface area contributed by atoms with Crippen LogP contribution in [0.4, 0.5) is 17.5 Å². The number of nitrogens with zero attached hydrogens (tertiary/aromatic N) is 5. The van der Waals surface area contributed by atoms with Gasteiger partial charge in [-0.15, -0.1) is 0 Å². The van der Waals surface area contributed by atoms with E-state index in [1.165, 1.54) is 0 Å². The third-order valence-electron chi connectivity index (χ3n) is 5.58. The van der Waals surface area contributed by atoms with Crippen LogP contribution in [0.1, 0.15) is 41.5 Å². The zero-order chi connectivity index (χ0) is 22.4. The average Bonchev–Trinajstić information content (AvgIpc) is 2.63. The molecule has 2 unspecified atom stereocenters. The molecule has 1 aromatic heterocycles. The molecular weight excluding hydrogens is 384 g/mol. The van der Waals surface area contributed by atoms with Gasteiger partial charge in [0.1, 0.15) is 11.5 Å². The van der Waals surface area contributed by atoms with E-state index < -0.39 is 0 Å². The molecule has 0 saturated carbocycles. The first kappa shape index (κ1) is 21.3. The second kappa shape index (κ2) is 7.47. The number of guanidine groups is 1. The van der Waals surface area contributed by atoms with Gasteiger partial charge in [0.25, 0.3) is 5.56 Å². The van der Waals surface area contributed by atoms with Crippen LogP contribution in [-0.4, -0.2) is 56.9 Å². The summed E-state index contributed by atoms with van der Waals surface area (Å²) in [7, 11) is 2.04. The molecule has 0 amide bonds. The lowest BCUT2D eigenvalue weighted by Crippen LogP contribution is -2.49. The predicted molar refractivity (Wildman–Crippen MR) is 121 cm³/mol. The fourth-order valence-corrected chi connectivity index (χ4v) is 3.23.